The molecule has 0 bridgehead atoms. The molecular weight excluding hydrogens is 368 g/mol. The molecule has 0 aromatic heterocycles. The van der Waals surface area contributed by atoms with Crippen molar-refractivity contribution >= 4 is 23.9 Å². The summed E-state index contributed by atoms with van der Waals surface area (Å²) in [7, 11) is 0. The maximum Gasteiger partial charge on any atom is 0.349 e. The Morgan fingerprint density at radius 1 is 0.679 bits per heavy atom. The minimum Gasteiger partial charge on any atom is -0.447 e. The van der Waals surface area contributed by atoms with Gasteiger partial charge in [0.2, 0.25) is 24.4 Å². The highest BCUT2D eigenvalue weighted by molar-refractivity contribution is 5.88. The van der Waals surface area contributed by atoms with Gasteiger partial charge in [-0.05, 0) is 0 Å². The molecule has 0 aliphatic carbocycles. The van der Waals surface area contributed by atoms with E-state index < -0.39 is 48.3 Å². The molecule has 0 aromatic rings. The van der Waals surface area contributed by atoms with Crippen molar-refractivity contribution < 1.29 is 38.1 Å². The first-order valence-corrected chi connectivity index (χ1v) is 8.28. The first kappa shape index (κ1) is 22.5. The highest BCUT2D eigenvalue weighted by Crippen LogP contribution is 2.16. The first-order chi connectivity index (χ1) is 13.4. The molecule has 0 aromatic carbocycles. The highest BCUT2D eigenvalue weighted by Gasteiger charge is 2.37. The number of cyclic esters (lactones) is 4. The standard InChI is InChI=1S/C10H12O4.C10H8O4/c2*1-3-5-7-9(11)14-8(6-4-2)10(12)13-7/h3-4,7-8H,1-2,5-6H2;1-2,7-8H,5-6H2. The Balaban J connectivity index is 0.000000280. The monoisotopic (exact) mass is 388 g/mol. The molecule has 148 valence electrons. The Morgan fingerprint density at radius 2 is 0.964 bits per heavy atom. The van der Waals surface area contributed by atoms with Crippen molar-refractivity contribution in [2.24, 2.45) is 0 Å². The molecule has 2 aliphatic heterocycles. The largest absolute Gasteiger partial charge is 0.447 e. The van der Waals surface area contributed by atoms with E-state index in [1.54, 1.807) is 0 Å². The fraction of sp³-hybridized carbons (Fsp3) is 0.400. The second-order valence-electron chi connectivity index (χ2n) is 5.57. The Hall–Kier alpha value is -3.52. The van der Waals surface area contributed by atoms with Crippen LogP contribution >= 0.6 is 0 Å². The molecule has 4 atom stereocenters. The van der Waals surface area contributed by atoms with Crippen molar-refractivity contribution in [2.45, 2.75) is 50.1 Å². The van der Waals surface area contributed by atoms with Crippen LogP contribution in [-0.4, -0.2) is 48.3 Å². The van der Waals surface area contributed by atoms with Crippen LogP contribution in [0.25, 0.3) is 0 Å². The zero-order valence-electron chi connectivity index (χ0n) is 15.1. The van der Waals surface area contributed by atoms with Gasteiger partial charge in [0.1, 0.15) is 0 Å². The average Bonchev–Trinajstić information content (AvgIpc) is 2.65. The third-order valence-electron chi connectivity index (χ3n) is 3.45. The van der Waals surface area contributed by atoms with Gasteiger partial charge in [0.25, 0.3) is 0 Å². The van der Waals surface area contributed by atoms with E-state index in [0.29, 0.717) is 0 Å². The Kier molecular flexibility index (Phi) is 9.05. The van der Waals surface area contributed by atoms with E-state index in [1.807, 2.05) is 0 Å². The molecule has 0 saturated carbocycles. The van der Waals surface area contributed by atoms with E-state index in [4.69, 9.17) is 31.8 Å². The molecule has 4 unspecified atom stereocenters. The smallest absolute Gasteiger partial charge is 0.349 e. The molecule has 2 rings (SSSR count). The van der Waals surface area contributed by atoms with E-state index in [0.717, 1.165) is 0 Å². The number of rotatable bonds is 6. The molecule has 2 saturated heterocycles. The lowest BCUT2D eigenvalue weighted by atomic mass is 10.2. The van der Waals surface area contributed by atoms with Crippen molar-refractivity contribution in [3.63, 3.8) is 0 Å². The fourth-order valence-electron chi connectivity index (χ4n) is 2.11. The third kappa shape index (κ3) is 6.33. The van der Waals surface area contributed by atoms with Crippen LogP contribution in [-0.2, 0) is 38.1 Å². The molecular formula is C20H20O8. The lowest BCUT2D eigenvalue weighted by molar-refractivity contribution is -0.194. The van der Waals surface area contributed by atoms with E-state index in [-0.39, 0.29) is 25.7 Å². The first-order valence-electron chi connectivity index (χ1n) is 8.28. The van der Waals surface area contributed by atoms with Crippen molar-refractivity contribution in [2.75, 3.05) is 0 Å². The number of esters is 4. The number of hydrogen-bond acceptors (Lipinski definition) is 8. The molecule has 2 heterocycles. The Morgan fingerprint density at radius 3 is 1.25 bits per heavy atom. The van der Waals surface area contributed by atoms with Crippen LogP contribution in [0.1, 0.15) is 25.7 Å². The molecule has 8 heteroatoms. The lowest BCUT2D eigenvalue weighted by Gasteiger charge is -2.26. The van der Waals surface area contributed by atoms with Gasteiger partial charge < -0.3 is 18.9 Å². The van der Waals surface area contributed by atoms with E-state index >= 15 is 0 Å². The van der Waals surface area contributed by atoms with Gasteiger partial charge in [0, 0.05) is 12.8 Å². The maximum atomic E-state index is 11.2. The molecule has 2 fully saturated rings. The number of carbonyl (C=O) groups is 4. The predicted octanol–water partition coefficient (Wildman–Crippen LogP) is 0.846. The normalized spacial score (nSPS) is 25.9. The molecule has 8 nitrogen and oxygen atoms in total. The summed E-state index contributed by atoms with van der Waals surface area (Å²) in [6.07, 6.45) is 9.95. The number of terminal acetylenes is 2. The number of ether oxygens (including phenoxy) is 4. The van der Waals surface area contributed by atoms with Gasteiger partial charge in [0.05, 0.1) is 12.8 Å². The molecule has 0 N–H and O–H groups in total. The molecule has 0 spiro atoms. The van der Waals surface area contributed by atoms with Gasteiger partial charge in [-0.1, -0.05) is 12.2 Å². The van der Waals surface area contributed by atoms with Crippen molar-refractivity contribution in [1.82, 2.24) is 0 Å². The zero-order chi connectivity index (χ0) is 21.1. The quantitative estimate of drug-likeness (QED) is 0.285. The van der Waals surface area contributed by atoms with Gasteiger partial charge in [-0.15, -0.1) is 37.8 Å². The minimum atomic E-state index is -0.985. The summed E-state index contributed by atoms with van der Waals surface area (Å²) >= 11 is 0. The summed E-state index contributed by atoms with van der Waals surface area (Å²) in [5, 5.41) is 0. The van der Waals surface area contributed by atoms with Gasteiger partial charge in [-0.3, -0.25) is 0 Å². The summed E-state index contributed by atoms with van der Waals surface area (Å²) in [5.74, 6) is 2.13. The van der Waals surface area contributed by atoms with Gasteiger partial charge in [-0.2, -0.15) is 0 Å². The predicted molar refractivity (Wildman–Crippen MR) is 96.0 cm³/mol. The van der Waals surface area contributed by atoms with Crippen LogP contribution in [0.5, 0.6) is 0 Å². The maximum absolute atomic E-state index is 11.2. The third-order valence-corrected chi connectivity index (χ3v) is 3.45. The summed E-state index contributed by atoms with van der Waals surface area (Å²) in [6.45, 7) is 6.91. The Labute approximate surface area is 162 Å². The van der Waals surface area contributed by atoms with Crippen molar-refractivity contribution in [3.8, 4) is 24.7 Å². The summed E-state index contributed by atoms with van der Waals surface area (Å²) < 4.78 is 19.2. The van der Waals surface area contributed by atoms with Crippen LogP contribution < -0.4 is 0 Å². The topological polar surface area (TPSA) is 105 Å². The number of hydrogen-bond donors (Lipinski definition) is 0. The van der Waals surface area contributed by atoms with Gasteiger partial charge in [0.15, 0.2) is 0 Å². The minimum absolute atomic E-state index is 0.0212. The second-order valence-corrected chi connectivity index (χ2v) is 5.57. The van der Waals surface area contributed by atoms with E-state index in [9.17, 15) is 19.2 Å². The SMILES string of the molecule is C#CCC1OC(=O)C(CC#C)OC1=O.C=CCC1OC(=O)C(CC=C)OC1=O. The molecule has 0 radical (unpaired) electrons. The molecule has 28 heavy (non-hydrogen) atoms. The second kappa shape index (κ2) is 11.2. The summed E-state index contributed by atoms with van der Waals surface area (Å²) in [4.78, 5) is 44.8. The van der Waals surface area contributed by atoms with Crippen LogP contribution in [0.15, 0.2) is 25.3 Å². The van der Waals surface area contributed by atoms with Crippen molar-refractivity contribution in [1.29, 1.82) is 0 Å². The Bertz CT molecular complexity index is 661. The van der Waals surface area contributed by atoms with Crippen LogP contribution in [0.3, 0.4) is 0 Å². The highest BCUT2D eigenvalue weighted by atomic mass is 16.7. The average molecular weight is 388 g/mol. The zero-order valence-corrected chi connectivity index (χ0v) is 15.1. The summed E-state index contributed by atoms with van der Waals surface area (Å²) in [6, 6.07) is 0. The van der Waals surface area contributed by atoms with Gasteiger partial charge in [-0.25, -0.2) is 19.2 Å². The van der Waals surface area contributed by atoms with Crippen LogP contribution in [0, 0.1) is 24.7 Å². The van der Waals surface area contributed by atoms with Crippen LogP contribution in [0.4, 0.5) is 0 Å². The van der Waals surface area contributed by atoms with Gasteiger partial charge >= 0.3 is 23.9 Å². The lowest BCUT2D eigenvalue weighted by Crippen LogP contribution is -2.43. The number of carbonyl (C=O) groups excluding carboxylic acids is 4. The summed E-state index contributed by atoms with van der Waals surface area (Å²) in [5.41, 5.74) is 0. The van der Waals surface area contributed by atoms with Crippen LogP contribution in [0.2, 0.25) is 0 Å². The van der Waals surface area contributed by atoms with E-state index in [1.165, 1.54) is 12.2 Å². The van der Waals surface area contributed by atoms with E-state index in [2.05, 4.69) is 25.0 Å². The fourth-order valence-corrected chi connectivity index (χ4v) is 2.11. The van der Waals surface area contributed by atoms with Crippen molar-refractivity contribution in [3.05, 3.63) is 25.3 Å². The molecule has 2 aliphatic rings. The molecule has 0 amide bonds.